The Labute approximate surface area is 190 Å². The van der Waals surface area contributed by atoms with Crippen molar-refractivity contribution in [1.82, 2.24) is 0 Å². The van der Waals surface area contributed by atoms with Crippen LogP contribution in [0, 0.1) is 0 Å². The molecule has 0 atom stereocenters. The third-order valence-electron chi connectivity index (χ3n) is 5.92. The first-order valence-corrected chi connectivity index (χ1v) is 12.6. The number of unbranched alkanes of at least 4 members (excludes halogenated alkanes) is 12. The third-order valence-corrected chi connectivity index (χ3v) is 5.92. The fourth-order valence-corrected chi connectivity index (χ4v) is 3.97. The van der Waals surface area contributed by atoms with E-state index in [9.17, 15) is 4.79 Å². The molecule has 0 spiro atoms. The molecule has 0 aromatic heterocycles. The second kappa shape index (κ2) is 16.6. The maximum absolute atomic E-state index is 12.1. The number of hydrogen-bond donors (Lipinski definition) is 0. The fourth-order valence-electron chi connectivity index (χ4n) is 3.97. The van der Waals surface area contributed by atoms with Crippen molar-refractivity contribution in [3.05, 3.63) is 60.2 Å². The summed E-state index contributed by atoms with van der Waals surface area (Å²) in [5, 5.41) is 0. The second-order valence-electron chi connectivity index (χ2n) is 8.70. The van der Waals surface area contributed by atoms with E-state index in [0.29, 0.717) is 13.0 Å². The summed E-state index contributed by atoms with van der Waals surface area (Å²) < 4.78 is 5.42. The minimum atomic E-state index is -0.119. The molecule has 0 saturated heterocycles. The van der Waals surface area contributed by atoms with Crippen molar-refractivity contribution < 1.29 is 9.53 Å². The largest absolute Gasteiger partial charge is 0.465 e. The molecule has 0 unspecified atom stereocenters. The van der Waals surface area contributed by atoms with E-state index in [1.807, 2.05) is 30.3 Å². The molecule has 2 aromatic rings. The molecular formula is C29H42O2. The van der Waals surface area contributed by atoms with Crippen molar-refractivity contribution >= 4 is 5.97 Å². The van der Waals surface area contributed by atoms with Gasteiger partial charge >= 0.3 is 5.97 Å². The number of hydrogen-bond acceptors (Lipinski definition) is 2. The zero-order valence-electron chi connectivity index (χ0n) is 19.6. The quantitative estimate of drug-likeness (QED) is 0.188. The summed E-state index contributed by atoms with van der Waals surface area (Å²) in [4.78, 5) is 12.1. The summed E-state index contributed by atoms with van der Waals surface area (Å²) in [6, 6.07) is 18.5. The number of carbonyl (C=O) groups is 1. The molecule has 0 saturated carbocycles. The van der Waals surface area contributed by atoms with E-state index in [4.69, 9.17) is 4.74 Å². The van der Waals surface area contributed by atoms with Crippen LogP contribution in [-0.2, 0) is 16.0 Å². The zero-order chi connectivity index (χ0) is 22.0. The van der Waals surface area contributed by atoms with Gasteiger partial charge in [0.2, 0.25) is 0 Å². The molecule has 0 heterocycles. The zero-order valence-corrected chi connectivity index (χ0v) is 19.6. The van der Waals surface area contributed by atoms with Gasteiger partial charge in [-0.2, -0.15) is 0 Å². The first kappa shape index (κ1) is 25.2. The summed E-state index contributed by atoms with van der Waals surface area (Å²) in [6.45, 7) is 2.83. The van der Waals surface area contributed by atoms with Crippen LogP contribution >= 0.6 is 0 Å². The molecule has 0 N–H and O–H groups in total. The Kier molecular flexibility index (Phi) is 13.5. The summed E-state index contributed by atoms with van der Waals surface area (Å²) >= 11 is 0. The second-order valence-corrected chi connectivity index (χ2v) is 8.70. The van der Waals surface area contributed by atoms with Crippen LogP contribution in [0.15, 0.2) is 54.6 Å². The van der Waals surface area contributed by atoms with Crippen molar-refractivity contribution in [1.29, 1.82) is 0 Å². The predicted octanol–water partition coefficient (Wildman–Crippen LogP) is 8.53. The Morgan fingerprint density at radius 2 is 1.10 bits per heavy atom. The molecule has 0 aliphatic rings. The van der Waals surface area contributed by atoms with Crippen LogP contribution in [0.2, 0.25) is 0 Å². The van der Waals surface area contributed by atoms with Gasteiger partial charge in [0, 0.05) is 0 Å². The molecule has 0 radical (unpaired) electrons. The van der Waals surface area contributed by atoms with E-state index >= 15 is 0 Å². The van der Waals surface area contributed by atoms with Crippen molar-refractivity contribution in [2.45, 2.75) is 96.8 Å². The van der Waals surface area contributed by atoms with E-state index in [2.05, 4.69) is 31.2 Å². The number of ether oxygens (including phenoxy) is 1. The summed E-state index contributed by atoms with van der Waals surface area (Å²) in [6.07, 6.45) is 17.6. The minimum Gasteiger partial charge on any atom is -0.465 e. The molecule has 2 aromatic carbocycles. The van der Waals surface area contributed by atoms with Gasteiger partial charge < -0.3 is 4.74 Å². The van der Waals surface area contributed by atoms with Crippen LogP contribution in [0.1, 0.15) is 96.0 Å². The number of benzene rings is 2. The van der Waals surface area contributed by atoms with E-state index in [-0.39, 0.29) is 5.97 Å². The highest BCUT2D eigenvalue weighted by Crippen LogP contribution is 2.19. The average Bonchev–Trinajstić information content (AvgIpc) is 2.80. The van der Waals surface area contributed by atoms with Gasteiger partial charge in [-0.15, -0.1) is 0 Å². The van der Waals surface area contributed by atoms with Gasteiger partial charge in [0.15, 0.2) is 0 Å². The van der Waals surface area contributed by atoms with Crippen molar-refractivity contribution in [2.75, 3.05) is 6.61 Å². The molecule has 170 valence electrons. The molecule has 31 heavy (non-hydrogen) atoms. The van der Waals surface area contributed by atoms with Gasteiger partial charge in [-0.3, -0.25) is 4.79 Å². The highest BCUT2D eigenvalue weighted by molar-refractivity contribution is 5.73. The van der Waals surface area contributed by atoms with Crippen LogP contribution in [0.5, 0.6) is 0 Å². The molecule has 0 amide bonds. The van der Waals surface area contributed by atoms with Gasteiger partial charge in [-0.05, 0) is 23.1 Å². The summed E-state index contributed by atoms with van der Waals surface area (Å²) in [5.74, 6) is -0.119. The first-order valence-electron chi connectivity index (χ1n) is 12.6. The van der Waals surface area contributed by atoms with Crippen LogP contribution in [-0.4, -0.2) is 12.6 Å². The number of esters is 1. The van der Waals surface area contributed by atoms with Gasteiger partial charge in [0.25, 0.3) is 0 Å². The van der Waals surface area contributed by atoms with Crippen molar-refractivity contribution in [3.8, 4) is 11.1 Å². The van der Waals surface area contributed by atoms with Gasteiger partial charge in [0.05, 0.1) is 13.0 Å². The highest BCUT2D eigenvalue weighted by atomic mass is 16.5. The fraction of sp³-hybridized carbons (Fsp3) is 0.552. The van der Waals surface area contributed by atoms with Gasteiger partial charge in [-0.25, -0.2) is 0 Å². The molecule has 0 aliphatic carbocycles. The summed E-state index contributed by atoms with van der Waals surface area (Å²) in [5.41, 5.74) is 3.37. The Morgan fingerprint density at radius 3 is 1.65 bits per heavy atom. The lowest BCUT2D eigenvalue weighted by atomic mass is 10.0. The monoisotopic (exact) mass is 422 g/mol. The van der Waals surface area contributed by atoms with Crippen LogP contribution in [0.4, 0.5) is 0 Å². The third kappa shape index (κ3) is 11.8. The van der Waals surface area contributed by atoms with Crippen LogP contribution in [0.3, 0.4) is 0 Å². The number of carbonyl (C=O) groups excluding carboxylic acids is 1. The molecule has 2 nitrogen and oxygen atoms in total. The smallest absolute Gasteiger partial charge is 0.310 e. The maximum Gasteiger partial charge on any atom is 0.310 e. The lowest BCUT2D eigenvalue weighted by molar-refractivity contribution is -0.142. The lowest BCUT2D eigenvalue weighted by Crippen LogP contribution is -2.09. The van der Waals surface area contributed by atoms with Crippen molar-refractivity contribution in [3.63, 3.8) is 0 Å². The van der Waals surface area contributed by atoms with Gasteiger partial charge in [-0.1, -0.05) is 139 Å². The van der Waals surface area contributed by atoms with Gasteiger partial charge in [0.1, 0.15) is 0 Å². The molecule has 2 rings (SSSR count). The molecule has 2 heteroatoms. The minimum absolute atomic E-state index is 0.119. The topological polar surface area (TPSA) is 26.3 Å². The molecule has 0 bridgehead atoms. The Hall–Kier alpha value is -2.09. The SMILES string of the molecule is CCCCCCCCCCCCCCCOC(=O)Cc1ccc(-c2ccccc2)cc1. The predicted molar refractivity (Wildman–Crippen MR) is 132 cm³/mol. The maximum atomic E-state index is 12.1. The first-order chi connectivity index (χ1) is 15.3. The van der Waals surface area contributed by atoms with E-state index in [1.165, 1.54) is 81.8 Å². The molecule has 0 fully saturated rings. The van der Waals surface area contributed by atoms with Crippen molar-refractivity contribution in [2.24, 2.45) is 0 Å². The summed E-state index contributed by atoms with van der Waals surface area (Å²) in [7, 11) is 0. The Morgan fingerprint density at radius 1 is 0.613 bits per heavy atom. The molecule has 0 aliphatic heterocycles. The standard InChI is InChI=1S/C29H42O2/c1-2-3-4-5-6-7-8-9-10-11-12-13-17-24-31-29(30)25-26-20-22-28(23-21-26)27-18-15-14-16-19-27/h14-16,18-23H,2-13,17,24-25H2,1H3. The van der Waals surface area contributed by atoms with E-state index < -0.39 is 0 Å². The highest BCUT2D eigenvalue weighted by Gasteiger charge is 2.05. The lowest BCUT2D eigenvalue weighted by Gasteiger charge is -2.07. The van der Waals surface area contributed by atoms with Crippen LogP contribution in [0.25, 0.3) is 11.1 Å². The van der Waals surface area contributed by atoms with E-state index in [1.54, 1.807) is 0 Å². The molecular weight excluding hydrogens is 380 g/mol. The Balaban J connectivity index is 1.43. The number of rotatable bonds is 17. The Bertz CT molecular complexity index is 690. The van der Waals surface area contributed by atoms with Crippen LogP contribution < -0.4 is 0 Å². The van der Waals surface area contributed by atoms with E-state index in [0.717, 1.165) is 18.4 Å². The normalized spacial score (nSPS) is 10.9. The average molecular weight is 423 g/mol.